The SMILES string of the molecule is CC(C)(C)OC(=O)CC[C@H](NC(=O)N[C@@H](CCCCNC(=O)Cn1nnc(I)c1CNc1ccc([N+](=O)[O-])cc1[N+](=O)[O-])C(=O)OC(C)(C)C)C(=O)OC(C)(C)C. The lowest BCUT2D eigenvalue weighted by Crippen LogP contribution is -2.53. The summed E-state index contributed by atoms with van der Waals surface area (Å²) in [5.74, 6) is -2.49. The number of anilines is 1. The molecule has 4 N–H and O–H groups in total. The van der Waals surface area contributed by atoms with Gasteiger partial charge < -0.3 is 35.5 Å². The van der Waals surface area contributed by atoms with E-state index in [-0.39, 0.29) is 44.6 Å². The molecule has 0 aliphatic rings. The maximum Gasteiger partial charge on any atom is 0.329 e. The van der Waals surface area contributed by atoms with Gasteiger partial charge in [-0.15, -0.1) is 5.10 Å². The normalized spacial score (nSPS) is 12.7. The molecule has 1 aromatic heterocycles. The van der Waals surface area contributed by atoms with Crippen molar-refractivity contribution in [3.8, 4) is 0 Å². The molecule has 0 aliphatic heterocycles. The van der Waals surface area contributed by atoms with Crippen LogP contribution in [0.5, 0.6) is 0 Å². The first kappa shape index (κ1) is 48.0. The number of hydrogen-bond acceptors (Lipinski definition) is 15. The summed E-state index contributed by atoms with van der Waals surface area (Å²) in [5.41, 5.74) is -3.00. The minimum absolute atomic E-state index is 0.0244. The summed E-state index contributed by atoms with van der Waals surface area (Å²) in [6, 6.07) is -0.0513. The third-order valence-electron chi connectivity index (χ3n) is 7.21. The Balaban J connectivity index is 2.02. The molecule has 0 bridgehead atoms. The van der Waals surface area contributed by atoms with Crippen LogP contribution in [0.2, 0.25) is 0 Å². The van der Waals surface area contributed by atoms with Gasteiger partial charge in [-0.05, 0) is 117 Å². The quantitative estimate of drug-likeness (QED) is 0.0379. The number of carbonyl (C=O) groups excluding carboxylic acids is 5. The molecule has 0 saturated heterocycles. The van der Waals surface area contributed by atoms with E-state index in [1.165, 1.54) is 10.7 Å². The highest BCUT2D eigenvalue weighted by Gasteiger charge is 2.31. The van der Waals surface area contributed by atoms with Gasteiger partial charge in [-0.1, -0.05) is 5.21 Å². The molecule has 2 aromatic rings. The van der Waals surface area contributed by atoms with Crippen LogP contribution in [0.3, 0.4) is 0 Å². The number of hydrogen-bond donors (Lipinski definition) is 4. The lowest BCUT2D eigenvalue weighted by molar-refractivity contribution is -0.393. The number of urea groups is 1. The Morgan fingerprint density at radius 3 is 1.91 bits per heavy atom. The molecule has 2 rings (SSSR count). The number of amides is 3. The molecule has 3 amide bonds. The van der Waals surface area contributed by atoms with Crippen molar-refractivity contribution in [2.75, 3.05) is 11.9 Å². The molecule has 22 heteroatoms. The average Bonchev–Trinajstić information content (AvgIpc) is 3.40. The zero-order chi connectivity index (χ0) is 43.3. The summed E-state index contributed by atoms with van der Waals surface area (Å²) in [5, 5.41) is 41.2. The van der Waals surface area contributed by atoms with Crippen molar-refractivity contribution in [2.24, 2.45) is 0 Å². The van der Waals surface area contributed by atoms with Gasteiger partial charge in [-0.25, -0.2) is 19.1 Å². The van der Waals surface area contributed by atoms with Crippen LogP contribution < -0.4 is 21.3 Å². The van der Waals surface area contributed by atoms with Crippen LogP contribution in [-0.4, -0.2) is 90.1 Å². The molecule has 0 spiro atoms. The van der Waals surface area contributed by atoms with Crippen molar-refractivity contribution in [2.45, 2.75) is 136 Å². The second-order valence-electron chi connectivity index (χ2n) is 15.8. The predicted octanol–water partition coefficient (Wildman–Crippen LogP) is 4.44. The van der Waals surface area contributed by atoms with Gasteiger partial charge in [0.25, 0.3) is 11.4 Å². The number of nitro benzene ring substituents is 2. The Labute approximate surface area is 343 Å². The number of non-ortho nitro benzene ring substituents is 1. The van der Waals surface area contributed by atoms with Crippen LogP contribution in [0.25, 0.3) is 0 Å². The summed E-state index contributed by atoms with van der Waals surface area (Å²) < 4.78 is 18.0. The Hall–Kier alpha value is -5.16. The first-order valence-electron chi connectivity index (χ1n) is 18.0. The van der Waals surface area contributed by atoms with Crippen LogP contribution in [0.4, 0.5) is 21.9 Å². The topological polar surface area (TPSA) is 278 Å². The Kier molecular flexibility index (Phi) is 17.5. The zero-order valence-electron chi connectivity index (χ0n) is 33.6. The van der Waals surface area contributed by atoms with Crippen molar-refractivity contribution < 1.29 is 48.0 Å². The molecule has 21 nitrogen and oxygen atoms in total. The zero-order valence-corrected chi connectivity index (χ0v) is 35.7. The number of nitro groups is 2. The first-order valence-corrected chi connectivity index (χ1v) is 19.1. The molecular formula is C35H52IN9O12. The summed E-state index contributed by atoms with van der Waals surface area (Å²) in [7, 11) is 0. The fourth-order valence-corrected chi connectivity index (χ4v) is 5.43. The molecular weight excluding hydrogens is 865 g/mol. The van der Waals surface area contributed by atoms with Gasteiger partial charge in [0.1, 0.15) is 44.8 Å². The monoisotopic (exact) mass is 917 g/mol. The number of aromatic nitrogens is 3. The lowest BCUT2D eigenvalue weighted by atomic mass is 10.1. The Morgan fingerprint density at radius 1 is 0.825 bits per heavy atom. The summed E-state index contributed by atoms with van der Waals surface area (Å²) in [6.45, 7) is 15.0. The van der Waals surface area contributed by atoms with Crippen molar-refractivity contribution in [1.82, 2.24) is 30.9 Å². The number of benzene rings is 1. The number of nitrogens with zero attached hydrogens (tertiary/aromatic N) is 5. The highest BCUT2D eigenvalue weighted by molar-refractivity contribution is 14.1. The number of ether oxygens (including phenoxy) is 3. The van der Waals surface area contributed by atoms with E-state index in [4.69, 9.17) is 14.2 Å². The predicted molar refractivity (Wildman–Crippen MR) is 213 cm³/mol. The highest BCUT2D eigenvalue weighted by Crippen LogP contribution is 2.29. The third kappa shape index (κ3) is 18.1. The third-order valence-corrected chi connectivity index (χ3v) is 8.05. The molecule has 0 radical (unpaired) electrons. The number of nitrogens with one attached hydrogen (secondary N) is 4. The summed E-state index contributed by atoms with van der Waals surface area (Å²) >= 11 is 1.90. The molecule has 1 heterocycles. The molecule has 2 atom stereocenters. The number of rotatable bonds is 19. The van der Waals surface area contributed by atoms with E-state index in [9.17, 15) is 44.2 Å². The van der Waals surface area contributed by atoms with E-state index >= 15 is 0 Å². The van der Waals surface area contributed by atoms with E-state index in [0.29, 0.717) is 22.2 Å². The van der Waals surface area contributed by atoms with Crippen LogP contribution >= 0.6 is 22.6 Å². The van der Waals surface area contributed by atoms with Gasteiger partial charge in [-0.3, -0.25) is 29.8 Å². The molecule has 0 aliphatic carbocycles. The molecule has 1 aromatic carbocycles. The van der Waals surface area contributed by atoms with Gasteiger partial charge in [0.2, 0.25) is 5.91 Å². The fraction of sp³-hybridized carbons (Fsp3) is 0.629. The second-order valence-corrected chi connectivity index (χ2v) is 16.8. The van der Waals surface area contributed by atoms with Crippen LogP contribution in [0.15, 0.2) is 18.2 Å². The van der Waals surface area contributed by atoms with E-state index in [2.05, 4.69) is 31.6 Å². The minimum atomic E-state index is -1.24. The van der Waals surface area contributed by atoms with E-state index in [1.807, 2.05) is 22.6 Å². The van der Waals surface area contributed by atoms with Crippen molar-refractivity contribution in [1.29, 1.82) is 0 Å². The number of halogens is 1. The van der Waals surface area contributed by atoms with Gasteiger partial charge in [-0.2, -0.15) is 0 Å². The van der Waals surface area contributed by atoms with E-state index in [1.54, 1.807) is 62.3 Å². The number of esters is 3. The first-order chi connectivity index (χ1) is 26.2. The highest BCUT2D eigenvalue weighted by atomic mass is 127. The Bertz CT molecular complexity index is 1780. The standard InChI is InChI=1S/C35H52IN9O12/c1-33(2,3)55-28(47)16-15-24(31(49)57-35(7,8)9)40-32(50)39-23(30(48)56-34(4,5)6)12-10-11-17-37-27(46)20-43-26(29(36)41-42-43)19-38-22-14-13-21(44(51)52)18-25(22)45(53)54/h13-14,18,23-24,38H,10-12,15-17,19-20H2,1-9H3,(H,37,46)(H2,39,40,50)/t23-,24-/m0/s1. The molecule has 57 heavy (non-hydrogen) atoms. The molecule has 316 valence electrons. The average molecular weight is 918 g/mol. The van der Waals surface area contributed by atoms with Gasteiger partial charge in [0.05, 0.1) is 28.2 Å². The van der Waals surface area contributed by atoms with E-state index in [0.717, 1.165) is 12.1 Å². The van der Waals surface area contributed by atoms with Crippen molar-refractivity contribution >= 4 is 69.5 Å². The van der Waals surface area contributed by atoms with Crippen molar-refractivity contribution in [3.05, 3.63) is 47.8 Å². The van der Waals surface area contributed by atoms with Gasteiger partial charge in [0, 0.05) is 19.0 Å². The van der Waals surface area contributed by atoms with Crippen LogP contribution in [0, 0.1) is 23.9 Å². The van der Waals surface area contributed by atoms with Gasteiger partial charge >= 0.3 is 23.9 Å². The van der Waals surface area contributed by atoms with Crippen molar-refractivity contribution in [3.63, 3.8) is 0 Å². The van der Waals surface area contributed by atoms with E-state index < -0.39 is 80.0 Å². The largest absolute Gasteiger partial charge is 0.460 e. The smallest absolute Gasteiger partial charge is 0.329 e. The summed E-state index contributed by atoms with van der Waals surface area (Å²) in [4.78, 5) is 85.6. The fourth-order valence-electron chi connectivity index (χ4n) is 4.87. The summed E-state index contributed by atoms with van der Waals surface area (Å²) in [6.07, 6.45) is 0.534. The minimum Gasteiger partial charge on any atom is -0.460 e. The maximum absolute atomic E-state index is 13.2. The van der Waals surface area contributed by atoms with Crippen LogP contribution in [0.1, 0.15) is 100 Å². The second kappa shape index (κ2) is 20.8. The number of carbonyl (C=O) groups is 5. The Morgan fingerprint density at radius 2 is 1.39 bits per heavy atom. The maximum atomic E-state index is 13.2. The number of unbranched alkanes of at least 4 members (excludes halogenated alkanes) is 1. The molecule has 0 unspecified atom stereocenters. The molecule has 0 saturated carbocycles. The lowest BCUT2D eigenvalue weighted by Gasteiger charge is -2.27. The molecule has 0 fully saturated rings. The van der Waals surface area contributed by atoms with Gasteiger partial charge in [0.15, 0.2) is 0 Å². The van der Waals surface area contributed by atoms with Crippen LogP contribution in [-0.2, 0) is 46.5 Å².